The van der Waals surface area contributed by atoms with Gasteiger partial charge in [-0.2, -0.15) is 0 Å². The van der Waals surface area contributed by atoms with E-state index in [-0.39, 0.29) is 18.0 Å². The van der Waals surface area contributed by atoms with Gasteiger partial charge in [0.1, 0.15) is 5.76 Å². The summed E-state index contributed by atoms with van der Waals surface area (Å²) in [6.07, 6.45) is 2.72. The molecule has 2 N–H and O–H groups in total. The molecule has 0 bridgehead atoms. The van der Waals surface area contributed by atoms with Crippen LogP contribution in [-0.2, 0) is 6.54 Å². The molecular formula is C12H9N3O3. The zero-order chi connectivity index (χ0) is 12.7. The van der Waals surface area contributed by atoms with Crippen molar-refractivity contribution in [1.82, 2.24) is 9.88 Å². The maximum Gasteiger partial charge on any atom is 0.264 e. The summed E-state index contributed by atoms with van der Waals surface area (Å²) in [5.74, 6) is -0.314. The normalized spacial score (nSPS) is 14.1. The van der Waals surface area contributed by atoms with Crippen molar-refractivity contribution in [2.75, 3.05) is 5.73 Å². The third kappa shape index (κ3) is 1.39. The van der Waals surface area contributed by atoms with Crippen molar-refractivity contribution < 1.29 is 14.0 Å². The summed E-state index contributed by atoms with van der Waals surface area (Å²) in [6.45, 7) is 0.0613. The van der Waals surface area contributed by atoms with Crippen LogP contribution in [0.2, 0.25) is 0 Å². The summed E-state index contributed by atoms with van der Waals surface area (Å²) in [5, 5.41) is 0. The first-order valence-electron chi connectivity index (χ1n) is 5.30. The molecule has 0 fully saturated rings. The second kappa shape index (κ2) is 3.69. The maximum atomic E-state index is 12.1. The molecule has 3 rings (SSSR count). The summed E-state index contributed by atoms with van der Waals surface area (Å²) >= 11 is 0. The number of fused-ring (bicyclic) bond motifs is 1. The number of benzene rings is 1. The molecule has 6 heteroatoms. The Balaban J connectivity index is 2.00. The van der Waals surface area contributed by atoms with Crippen LogP contribution < -0.4 is 5.73 Å². The molecule has 0 aliphatic carbocycles. The standard InChI is InChI=1S/C12H9N3O3/c13-9-3-1-2-8-10(9)12(17)15(11(8)16)5-7-4-14-6-18-7/h1-4,6H,5,13H2. The van der Waals surface area contributed by atoms with Gasteiger partial charge in [-0.3, -0.25) is 14.5 Å². The number of nitrogens with zero attached hydrogens (tertiary/aromatic N) is 2. The predicted molar refractivity (Wildman–Crippen MR) is 61.6 cm³/mol. The summed E-state index contributed by atoms with van der Waals surface area (Å²) in [7, 11) is 0. The van der Waals surface area contributed by atoms with Gasteiger partial charge in [0.25, 0.3) is 11.8 Å². The monoisotopic (exact) mass is 243 g/mol. The minimum atomic E-state index is -0.399. The first-order chi connectivity index (χ1) is 8.68. The number of hydrogen-bond donors (Lipinski definition) is 1. The van der Waals surface area contributed by atoms with E-state index in [1.807, 2.05) is 0 Å². The van der Waals surface area contributed by atoms with E-state index < -0.39 is 5.91 Å². The molecular weight excluding hydrogens is 234 g/mol. The molecule has 0 unspecified atom stereocenters. The van der Waals surface area contributed by atoms with Gasteiger partial charge in [-0.15, -0.1) is 0 Å². The zero-order valence-corrected chi connectivity index (χ0v) is 9.29. The van der Waals surface area contributed by atoms with E-state index in [1.165, 1.54) is 12.6 Å². The van der Waals surface area contributed by atoms with Gasteiger partial charge in [-0.05, 0) is 12.1 Å². The number of aromatic nitrogens is 1. The lowest BCUT2D eigenvalue weighted by atomic mass is 10.1. The lowest BCUT2D eigenvalue weighted by Gasteiger charge is -2.11. The molecule has 1 aliphatic heterocycles. The van der Waals surface area contributed by atoms with Crippen molar-refractivity contribution in [3.05, 3.63) is 47.7 Å². The summed E-state index contributed by atoms with van der Waals surface area (Å²) in [5.41, 5.74) is 6.63. The van der Waals surface area contributed by atoms with Crippen LogP contribution in [0.15, 0.2) is 35.2 Å². The highest BCUT2D eigenvalue weighted by Crippen LogP contribution is 2.28. The summed E-state index contributed by atoms with van der Waals surface area (Å²) < 4.78 is 5.03. The molecule has 1 aromatic heterocycles. The SMILES string of the molecule is Nc1cccc2c1C(=O)N(Cc1cnco1)C2=O. The van der Waals surface area contributed by atoms with Gasteiger partial charge in [0, 0.05) is 5.69 Å². The Morgan fingerprint density at radius 3 is 2.78 bits per heavy atom. The first-order valence-corrected chi connectivity index (χ1v) is 5.30. The van der Waals surface area contributed by atoms with Crippen LogP contribution in [0.5, 0.6) is 0 Å². The third-order valence-corrected chi connectivity index (χ3v) is 2.83. The van der Waals surface area contributed by atoms with Gasteiger partial charge in [0.15, 0.2) is 6.39 Å². The third-order valence-electron chi connectivity index (χ3n) is 2.83. The van der Waals surface area contributed by atoms with Crippen LogP contribution in [0, 0.1) is 0 Å². The Morgan fingerprint density at radius 1 is 1.28 bits per heavy atom. The average Bonchev–Trinajstić information content (AvgIpc) is 2.94. The van der Waals surface area contributed by atoms with E-state index in [9.17, 15) is 9.59 Å². The predicted octanol–water partition coefficient (Wildman–Crippen LogP) is 1.05. The fraction of sp³-hybridized carbons (Fsp3) is 0.0833. The molecule has 18 heavy (non-hydrogen) atoms. The molecule has 0 saturated heterocycles. The van der Waals surface area contributed by atoms with Crippen LogP contribution in [0.3, 0.4) is 0 Å². The average molecular weight is 243 g/mol. The van der Waals surface area contributed by atoms with Crippen LogP contribution >= 0.6 is 0 Å². The number of oxazole rings is 1. The van der Waals surface area contributed by atoms with Crippen molar-refractivity contribution in [2.45, 2.75) is 6.54 Å². The fourth-order valence-corrected chi connectivity index (χ4v) is 1.98. The second-order valence-corrected chi connectivity index (χ2v) is 3.93. The van der Waals surface area contributed by atoms with Gasteiger partial charge in [-0.1, -0.05) is 6.07 Å². The number of carbonyl (C=O) groups excluding carboxylic acids is 2. The lowest BCUT2D eigenvalue weighted by Crippen LogP contribution is -2.29. The fourth-order valence-electron chi connectivity index (χ4n) is 1.98. The number of carbonyl (C=O) groups is 2. The van der Waals surface area contributed by atoms with Crippen LogP contribution in [0.1, 0.15) is 26.5 Å². The van der Waals surface area contributed by atoms with Crippen LogP contribution in [0.25, 0.3) is 0 Å². The van der Waals surface area contributed by atoms with Gasteiger partial charge in [-0.25, -0.2) is 4.98 Å². The summed E-state index contributed by atoms with van der Waals surface area (Å²) in [6, 6.07) is 4.84. The molecule has 90 valence electrons. The van der Waals surface area contributed by atoms with E-state index in [4.69, 9.17) is 10.2 Å². The van der Waals surface area contributed by atoms with Crippen molar-refractivity contribution in [3.63, 3.8) is 0 Å². The second-order valence-electron chi connectivity index (χ2n) is 3.93. The molecule has 0 radical (unpaired) electrons. The molecule has 0 atom stereocenters. The van der Waals surface area contributed by atoms with Crippen molar-refractivity contribution in [3.8, 4) is 0 Å². The Hall–Kier alpha value is -2.63. The first kappa shape index (κ1) is 10.5. The van der Waals surface area contributed by atoms with Crippen LogP contribution in [0.4, 0.5) is 5.69 Å². The molecule has 0 saturated carbocycles. The topological polar surface area (TPSA) is 89.4 Å². The Labute approximate surface area is 102 Å². The minimum absolute atomic E-state index is 0.0613. The number of nitrogens with two attached hydrogens (primary N) is 1. The van der Waals surface area contributed by atoms with Crippen molar-refractivity contribution in [2.24, 2.45) is 0 Å². The molecule has 2 heterocycles. The smallest absolute Gasteiger partial charge is 0.264 e. The number of imide groups is 1. The quantitative estimate of drug-likeness (QED) is 0.629. The van der Waals surface area contributed by atoms with E-state index in [2.05, 4.69) is 4.98 Å². The minimum Gasteiger partial charge on any atom is -0.447 e. The number of hydrogen-bond acceptors (Lipinski definition) is 5. The number of amides is 2. The van der Waals surface area contributed by atoms with Gasteiger partial charge in [0.05, 0.1) is 23.9 Å². The highest BCUT2D eigenvalue weighted by molar-refractivity contribution is 6.23. The Kier molecular flexibility index (Phi) is 2.16. The molecule has 1 aromatic carbocycles. The molecule has 0 spiro atoms. The number of nitrogen functional groups attached to an aromatic ring is 1. The van der Waals surface area contributed by atoms with Crippen LogP contribution in [-0.4, -0.2) is 21.7 Å². The van der Waals surface area contributed by atoms with E-state index >= 15 is 0 Å². The van der Waals surface area contributed by atoms with Crippen molar-refractivity contribution in [1.29, 1.82) is 0 Å². The van der Waals surface area contributed by atoms with E-state index in [1.54, 1.807) is 18.2 Å². The van der Waals surface area contributed by atoms with Gasteiger partial charge < -0.3 is 10.2 Å². The lowest BCUT2D eigenvalue weighted by molar-refractivity contribution is 0.0632. The highest BCUT2D eigenvalue weighted by atomic mass is 16.3. The number of rotatable bonds is 2. The van der Waals surface area contributed by atoms with Gasteiger partial charge in [0.2, 0.25) is 0 Å². The Bertz CT molecular complexity index is 634. The Morgan fingerprint density at radius 2 is 2.11 bits per heavy atom. The maximum absolute atomic E-state index is 12.1. The van der Waals surface area contributed by atoms with E-state index in [0.717, 1.165) is 4.90 Å². The van der Waals surface area contributed by atoms with E-state index in [0.29, 0.717) is 17.0 Å². The highest BCUT2D eigenvalue weighted by Gasteiger charge is 2.37. The van der Waals surface area contributed by atoms with Gasteiger partial charge >= 0.3 is 0 Å². The summed E-state index contributed by atoms with van der Waals surface area (Å²) in [4.78, 5) is 29.0. The van der Waals surface area contributed by atoms with Crippen molar-refractivity contribution >= 4 is 17.5 Å². The largest absolute Gasteiger partial charge is 0.447 e. The zero-order valence-electron chi connectivity index (χ0n) is 9.29. The molecule has 1 aliphatic rings. The molecule has 2 aromatic rings. The molecule has 2 amide bonds. The molecule has 6 nitrogen and oxygen atoms in total. The number of anilines is 1.